The molecule has 0 radical (unpaired) electrons. The number of amides is 1. The van der Waals surface area contributed by atoms with Crippen LogP contribution in [0.3, 0.4) is 0 Å². The van der Waals surface area contributed by atoms with Gasteiger partial charge in [-0.15, -0.1) is 0 Å². The summed E-state index contributed by atoms with van der Waals surface area (Å²) in [6.07, 6.45) is 2.08. The van der Waals surface area contributed by atoms with Crippen molar-refractivity contribution in [2.45, 2.75) is 25.9 Å². The van der Waals surface area contributed by atoms with Gasteiger partial charge in [-0.3, -0.25) is 4.79 Å². The first-order valence-electron chi connectivity index (χ1n) is 8.52. The Kier molecular flexibility index (Phi) is 5.29. The number of hydrogen-bond donors (Lipinski definition) is 2. The smallest absolute Gasteiger partial charge is 0.246 e. The molecule has 1 aliphatic rings. The van der Waals surface area contributed by atoms with Gasteiger partial charge in [-0.2, -0.15) is 0 Å². The molecule has 2 N–H and O–H groups in total. The Hall–Kier alpha value is -2.38. The van der Waals surface area contributed by atoms with Crippen molar-refractivity contribution in [3.63, 3.8) is 0 Å². The summed E-state index contributed by atoms with van der Waals surface area (Å²) in [4.78, 5) is 14.7. The first-order chi connectivity index (χ1) is 12.3. The van der Waals surface area contributed by atoms with E-state index in [1.54, 1.807) is 24.3 Å². The number of hydrogen-bond acceptors (Lipinski definition) is 4. The van der Waals surface area contributed by atoms with E-state index in [0.29, 0.717) is 5.69 Å². The maximum Gasteiger partial charge on any atom is 0.246 e. The summed E-state index contributed by atoms with van der Waals surface area (Å²) in [6, 6.07) is 15.0. The van der Waals surface area contributed by atoms with Gasteiger partial charge in [-0.1, -0.05) is 30.3 Å². The SMILES string of the molecule is CC(C(=O)Nc1ccc(CNS(C)(=O)=O)cc1)N1CCc2ccccc21. The predicted octanol–water partition coefficient (Wildman–Crippen LogP) is 2.13. The van der Waals surface area contributed by atoms with Crippen LogP contribution >= 0.6 is 0 Å². The highest BCUT2D eigenvalue weighted by atomic mass is 32.2. The van der Waals surface area contributed by atoms with E-state index in [0.717, 1.165) is 30.5 Å². The highest BCUT2D eigenvalue weighted by molar-refractivity contribution is 7.88. The Morgan fingerprint density at radius 3 is 2.54 bits per heavy atom. The van der Waals surface area contributed by atoms with Crippen LogP contribution < -0.4 is 14.9 Å². The maximum absolute atomic E-state index is 12.6. The van der Waals surface area contributed by atoms with E-state index in [1.807, 2.05) is 19.1 Å². The average molecular weight is 373 g/mol. The van der Waals surface area contributed by atoms with Gasteiger partial charge in [0.2, 0.25) is 15.9 Å². The van der Waals surface area contributed by atoms with Crippen LogP contribution in [-0.2, 0) is 27.8 Å². The molecule has 1 atom stereocenters. The van der Waals surface area contributed by atoms with Crippen molar-refractivity contribution < 1.29 is 13.2 Å². The number of nitrogens with one attached hydrogen (secondary N) is 2. The highest BCUT2D eigenvalue weighted by Gasteiger charge is 2.27. The van der Waals surface area contributed by atoms with Crippen LogP contribution in [0.25, 0.3) is 0 Å². The summed E-state index contributed by atoms with van der Waals surface area (Å²) in [5.74, 6) is -0.0660. The lowest BCUT2D eigenvalue weighted by Gasteiger charge is -2.26. The van der Waals surface area contributed by atoms with Crippen LogP contribution in [0.2, 0.25) is 0 Å². The molecule has 2 aromatic carbocycles. The number of fused-ring (bicyclic) bond motifs is 1. The lowest BCUT2D eigenvalue weighted by molar-refractivity contribution is -0.117. The molecule has 0 aliphatic carbocycles. The van der Waals surface area contributed by atoms with Gasteiger partial charge in [0.25, 0.3) is 0 Å². The van der Waals surface area contributed by atoms with Crippen molar-refractivity contribution in [3.8, 4) is 0 Å². The Morgan fingerprint density at radius 2 is 1.85 bits per heavy atom. The fourth-order valence-corrected chi connectivity index (χ4v) is 3.50. The number of rotatable bonds is 6. The van der Waals surface area contributed by atoms with E-state index in [1.165, 1.54) is 5.56 Å². The van der Waals surface area contributed by atoms with E-state index in [4.69, 9.17) is 0 Å². The van der Waals surface area contributed by atoms with Crippen molar-refractivity contribution in [2.75, 3.05) is 23.0 Å². The molecule has 3 rings (SSSR count). The number of benzene rings is 2. The molecule has 1 aliphatic heterocycles. The van der Waals surface area contributed by atoms with Crippen molar-refractivity contribution in [3.05, 3.63) is 59.7 Å². The number of sulfonamides is 1. The van der Waals surface area contributed by atoms with E-state index >= 15 is 0 Å². The molecule has 138 valence electrons. The van der Waals surface area contributed by atoms with Gasteiger partial charge in [-0.25, -0.2) is 13.1 Å². The van der Waals surface area contributed by atoms with E-state index < -0.39 is 10.0 Å². The predicted molar refractivity (Wildman–Crippen MR) is 104 cm³/mol. The highest BCUT2D eigenvalue weighted by Crippen LogP contribution is 2.29. The van der Waals surface area contributed by atoms with Crippen molar-refractivity contribution >= 4 is 27.3 Å². The van der Waals surface area contributed by atoms with Gasteiger partial charge in [0.05, 0.1) is 6.26 Å². The summed E-state index contributed by atoms with van der Waals surface area (Å²) in [7, 11) is -3.22. The number of carbonyl (C=O) groups is 1. The molecule has 0 aromatic heterocycles. The lowest BCUT2D eigenvalue weighted by Crippen LogP contribution is -2.41. The van der Waals surface area contributed by atoms with Crippen LogP contribution in [0.4, 0.5) is 11.4 Å². The first-order valence-corrected chi connectivity index (χ1v) is 10.4. The topological polar surface area (TPSA) is 78.5 Å². The Morgan fingerprint density at radius 1 is 1.15 bits per heavy atom. The molecule has 6 nitrogen and oxygen atoms in total. The van der Waals surface area contributed by atoms with Gasteiger partial charge >= 0.3 is 0 Å². The second kappa shape index (κ2) is 7.47. The molecule has 1 unspecified atom stereocenters. The molecule has 7 heteroatoms. The molecule has 0 saturated carbocycles. The average Bonchev–Trinajstić information content (AvgIpc) is 3.04. The summed E-state index contributed by atoms with van der Waals surface area (Å²) < 4.78 is 24.7. The van der Waals surface area contributed by atoms with Crippen molar-refractivity contribution in [2.24, 2.45) is 0 Å². The van der Waals surface area contributed by atoms with Crippen molar-refractivity contribution in [1.82, 2.24) is 4.72 Å². The Balaban J connectivity index is 1.61. The summed E-state index contributed by atoms with van der Waals surface area (Å²) >= 11 is 0. The molecule has 0 spiro atoms. The normalized spacial score (nSPS) is 14.8. The minimum atomic E-state index is -3.22. The molecule has 1 amide bonds. The summed E-state index contributed by atoms with van der Waals surface area (Å²) in [5, 5.41) is 2.93. The van der Waals surface area contributed by atoms with Crippen LogP contribution in [0.5, 0.6) is 0 Å². The maximum atomic E-state index is 12.6. The minimum Gasteiger partial charge on any atom is -0.359 e. The third kappa shape index (κ3) is 4.42. The third-order valence-electron chi connectivity index (χ3n) is 4.53. The number of carbonyl (C=O) groups excluding carboxylic acids is 1. The molecule has 0 bridgehead atoms. The molecule has 26 heavy (non-hydrogen) atoms. The fraction of sp³-hybridized carbons (Fsp3) is 0.316. The lowest BCUT2D eigenvalue weighted by atomic mass is 10.1. The second-order valence-electron chi connectivity index (χ2n) is 6.53. The van der Waals surface area contributed by atoms with Gasteiger partial charge in [0, 0.05) is 24.5 Å². The molecule has 0 fully saturated rings. The quantitative estimate of drug-likeness (QED) is 0.813. The van der Waals surface area contributed by atoms with Crippen molar-refractivity contribution in [1.29, 1.82) is 0 Å². The van der Waals surface area contributed by atoms with Crippen LogP contribution in [0, 0.1) is 0 Å². The van der Waals surface area contributed by atoms with Crippen LogP contribution in [-0.4, -0.2) is 33.2 Å². The van der Waals surface area contributed by atoms with E-state index in [2.05, 4.69) is 27.1 Å². The zero-order valence-electron chi connectivity index (χ0n) is 14.9. The van der Waals surface area contributed by atoms with Gasteiger partial charge in [0.15, 0.2) is 0 Å². The molecule has 1 heterocycles. The Labute approximate surface area is 154 Å². The van der Waals surface area contributed by atoms with Crippen LogP contribution in [0.15, 0.2) is 48.5 Å². The molecular formula is C19H23N3O3S. The van der Waals surface area contributed by atoms with Gasteiger partial charge < -0.3 is 10.2 Å². The minimum absolute atomic E-state index is 0.0660. The number of para-hydroxylation sites is 1. The van der Waals surface area contributed by atoms with Gasteiger partial charge in [-0.05, 0) is 42.7 Å². The van der Waals surface area contributed by atoms with E-state index in [9.17, 15) is 13.2 Å². The number of nitrogens with zero attached hydrogens (tertiary/aromatic N) is 1. The van der Waals surface area contributed by atoms with E-state index in [-0.39, 0.29) is 18.5 Å². The fourth-order valence-electron chi connectivity index (χ4n) is 3.07. The zero-order chi connectivity index (χ0) is 18.7. The molecule has 2 aromatic rings. The zero-order valence-corrected chi connectivity index (χ0v) is 15.7. The molecular weight excluding hydrogens is 350 g/mol. The standard InChI is InChI=1S/C19H23N3O3S/c1-14(22-12-11-16-5-3-4-6-18(16)22)19(23)21-17-9-7-15(8-10-17)13-20-26(2,24)25/h3-10,14,20H,11-13H2,1-2H3,(H,21,23). The number of anilines is 2. The summed E-state index contributed by atoms with van der Waals surface area (Å²) in [6.45, 7) is 2.97. The second-order valence-corrected chi connectivity index (χ2v) is 8.36. The van der Waals surface area contributed by atoms with Crippen LogP contribution in [0.1, 0.15) is 18.1 Å². The Bertz CT molecular complexity index is 895. The first kappa shape index (κ1) is 18.4. The molecule has 0 saturated heterocycles. The monoisotopic (exact) mass is 373 g/mol. The summed E-state index contributed by atoms with van der Waals surface area (Å²) in [5.41, 5.74) is 3.92. The largest absolute Gasteiger partial charge is 0.359 e. The van der Waals surface area contributed by atoms with Gasteiger partial charge in [0.1, 0.15) is 6.04 Å². The third-order valence-corrected chi connectivity index (χ3v) is 5.20.